The second-order valence-electron chi connectivity index (χ2n) is 6.77. The first kappa shape index (κ1) is 16.9. The number of benzene rings is 1. The number of tetrazole rings is 1. The average molecular weight is 353 g/mol. The van der Waals surface area contributed by atoms with Gasteiger partial charge in [0, 0.05) is 18.7 Å². The van der Waals surface area contributed by atoms with Gasteiger partial charge >= 0.3 is 0 Å². The van der Waals surface area contributed by atoms with Gasteiger partial charge in [0.1, 0.15) is 17.6 Å². The number of aromatic nitrogens is 4. The number of furan rings is 1. The number of ether oxygens (including phenoxy) is 1. The molecular formula is C19H23N5O2. The lowest BCUT2D eigenvalue weighted by Crippen LogP contribution is -2.17. The summed E-state index contributed by atoms with van der Waals surface area (Å²) in [5.41, 5.74) is 2.15. The molecule has 0 spiro atoms. The maximum absolute atomic E-state index is 6.02. The molecule has 1 atom stereocenters. The van der Waals surface area contributed by atoms with Gasteiger partial charge < -0.3 is 9.15 Å². The van der Waals surface area contributed by atoms with Gasteiger partial charge in [-0.15, -0.1) is 10.2 Å². The lowest BCUT2D eigenvalue weighted by atomic mass is 10.1. The van der Waals surface area contributed by atoms with Gasteiger partial charge in [-0.3, -0.25) is 4.90 Å². The standard InChI is InChI=1S/C19H23N5O2/c1-24(12-14-5-4-6-15(11-14)19-20-22-23-21-19)13-16-8-9-18(26-16)17-7-2-3-10-25-17/h4-6,8-9,11,17H,2-3,7,10,12-13H2,1H3,(H,20,21,22,23). The van der Waals surface area contributed by atoms with Crippen LogP contribution in [0.5, 0.6) is 0 Å². The van der Waals surface area contributed by atoms with Gasteiger partial charge in [-0.25, -0.2) is 0 Å². The summed E-state index contributed by atoms with van der Waals surface area (Å²) in [6.07, 6.45) is 3.52. The van der Waals surface area contributed by atoms with Crippen molar-refractivity contribution >= 4 is 0 Å². The van der Waals surface area contributed by atoms with Crippen LogP contribution in [-0.4, -0.2) is 39.2 Å². The van der Waals surface area contributed by atoms with Crippen molar-refractivity contribution in [3.8, 4) is 11.4 Å². The summed E-state index contributed by atoms with van der Waals surface area (Å²) in [7, 11) is 2.08. The van der Waals surface area contributed by atoms with Crippen molar-refractivity contribution < 1.29 is 9.15 Å². The smallest absolute Gasteiger partial charge is 0.204 e. The maximum Gasteiger partial charge on any atom is 0.204 e. The van der Waals surface area contributed by atoms with Crippen LogP contribution in [0.3, 0.4) is 0 Å². The number of nitrogens with zero attached hydrogens (tertiary/aromatic N) is 4. The van der Waals surface area contributed by atoms with Crippen LogP contribution in [0.25, 0.3) is 11.4 Å². The highest BCUT2D eigenvalue weighted by Gasteiger charge is 2.19. The molecule has 2 aromatic heterocycles. The summed E-state index contributed by atoms with van der Waals surface area (Å²) in [5.74, 6) is 2.52. The van der Waals surface area contributed by atoms with Crippen LogP contribution in [0.15, 0.2) is 40.8 Å². The van der Waals surface area contributed by atoms with Gasteiger partial charge in [0.05, 0.1) is 6.54 Å². The zero-order valence-corrected chi connectivity index (χ0v) is 14.9. The van der Waals surface area contributed by atoms with Crippen molar-refractivity contribution in [3.63, 3.8) is 0 Å². The number of aromatic amines is 1. The van der Waals surface area contributed by atoms with E-state index in [1.807, 2.05) is 12.1 Å². The average Bonchev–Trinajstić information content (AvgIpc) is 3.35. The molecule has 0 saturated carbocycles. The summed E-state index contributed by atoms with van der Waals surface area (Å²) in [4.78, 5) is 2.22. The molecular weight excluding hydrogens is 330 g/mol. The van der Waals surface area contributed by atoms with E-state index in [2.05, 4.69) is 56.8 Å². The Labute approximate surface area is 152 Å². The van der Waals surface area contributed by atoms with Crippen LogP contribution in [0.4, 0.5) is 0 Å². The lowest BCUT2D eigenvalue weighted by molar-refractivity contribution is 0.000907. The molecule has 7 nitrogen and oxygen atoms in total. The van der Waals surface area contributed by atoms with Gasteiger partial charge in [0.25, 0.3) is 0 Å². The van der Waals surface area contributed by atoms with Crippen molar-refractivity contribution in [2.45, 2.75) is 38.5 Å². The largest absolute Gasteiger partial charge is 0.462 e. The third-order valence-corrected chi connectivity index (χ3v) is 4.59. The molecule has 1 aromatic carbocycles. The third-order valence-electron chi connectivity index (χ3n) is 4.59. The third kappa shape index (κ3) is 4.00. The minimum absolute atomic E-state index is 0.120. The Bertz CT molecular complexity index is 824. The minimum atomic E-state index is 0.120. The molecule has 0 radical (unpaired) electrons. The maximum atomic E-state index is 6.02. The Kier molecular flexibility index (Phi) is 5.08. The molecule has 0 bridgehead atoms. The second-order valence-corrected chi connectivity index (χ2v) is 6.77. The first-order chi connectivity index (χ1) is 12.8. The van der Waals surface area contributed by atoms with Crippen molar-refractivity contribution in [1.29, 1.82) is 0 Å². The van der Waals surface area contributed by atoms with Crippen molar-refractivity contribution in [2.75, 3.05) is 13.7 Å². The predicted molar refractivity (Wildman–Crippen MR) is 96.0 cm³/mol. The first-order valence-corrected chi connectivity index (χ1v) is 8.99. The summed E-state index contributed by atoms with van der Waals surface area (Å²) in [6.45, 7) is 2.39. The molecule has 1 aliphatic rings. The molecule has 3 aromatic rings. The highest BCUT2D eigenvalue weighted by Crippen LogP contribution is 2.29. The first-order valence-electron chi connectivity index (χ1n) is 8.99. The lowest BCUT2D eigenvalue weighted by Gasteiger charge is -2.20. The van der Waals surface area contributed by atoms with E-state index in [9.17, 15) is 0 Å². The fourth-order valence-corrected chi connectivity index (χ4v) is 3.34. The monoisotopic (exact) mass is 353 g/mol. The highest BCUT2D eigenvalue weighted by atomic mass is 16.5. The Hall–Kier alpha value is -2.51. The van der Waals surface area contributed by atoms with Gasteiger partial charge in [-0.1, -0.05) is 18.2 Å². The van der Waals surface area contributed by atoms with Crippen molar-refractivity contribution in [3.05, 3.63) is 53.5 Å². The van der Waals surface area contributed by atoms with E-state index in [4.69, 9.17) is 9.15 Å². The zero-order chi connectivity index (χ0) is 17.8. The van der Waals surface area contributed by atoms with Crippen LogP contribution in [0, 0.1) is 0 Å². The SMILES string of the molecule is CN(Cc1cccc(-c2nn[nH]n2)c1)Cc1ccc(C2CCCCO2)o1. The molecule has 4 rings (SSSR count). The summed E-state index contributed by atoms with van der Waals surface area (Å²) < 4.78 is 11.8. The van der Waals surface area contributed by atoms with Gasteiger partial charge in [0.2, 0.25) is 5.82 Å². The van der Waals surface area contributed by atoms with Crippen molar-refractivity contribution in [2.24, 2.45) is 0 Å². The molecule has 1 N–H and O–H groups in total. The van der Waals surface area contributed by atoms with E-state index in [0.717, 1.165) is 49.6 Å². The molecule has 0 aliphatic carbocycles. The normalized spacial score (nSPS) is 17.7. The number of rotatable bonds is 6. The highest BCUT2D eigenvalue weighted by molar-refractivity contribution is 5.54. The summed E-state index contributed by atoms with van der Waals surface area (Å²) in [5, 5.41) is 14.2. The molecule has 1 saturated heterocycles. The Morgan fingerprint density at radius 2 is 2.15 bits per heavy atom. The number of H-pyrrole nitrogens is 1. The molecule has 136 valence electrons. The predicted octanol–water partition coefficient (Wildman–Crippen LogP) is 3.33. The van der Waals surface area contributed by atoms with E-state index in [0.29, 0.717) is 5.82 Å². The van der Waals surface area contributed by atoms with E-state index in [1.165, 1.54) is 12.0 Å². The number of nitrogens with one attached hydrogen (secondary N) is 1. The Morgan fingerprint density at radius 1 is 1.19 bits per heavy atom. The molecule has 1 aliphatic heterocycles. The topological polar surface area (TPSA) is 80.1 Å². The number of hydrogen-bond donors (Lipinski definition) is 1. The van der Waals surface area contributed by atoms with E-state index >= 15 is 0 Å². The molecule has 1 unspecified atom stereocenters. The molecule has 0 amide bonds. The molecule has 3 heterocycles. The quantitative estimate of drug-likeness (QED) is 0.732. The number of hydrogen-bond acceptors (Lipinski definition) is 6. The molecule has 1 fully saturated rings. The van der Waals surface area contributed by atoms with Crippen LogP contribution < -0.4 is 0 Å². The van der Waals surface area contributed by atoms with E-state index < -0.39 is 0 Å². The van der Waals surface area contributed by atoms with Crippen LogP contribution in [0.2, 0.25) is 0 Å². The molecule has 26 heavy (non-hydrogen) atoms. The summed E-state index contributed by atoms with van der Waals surface area (Å²) >= 11 is 0. The molecule has 7 heteroatoms. The van der Waals surface area contributed by atoms with Crippen LogP contribution in [0.1, 0.15) is 42.5 Å². The van der Waals surface area contributed by atoms with Crippen LogP contribution >= 0.6 is 0 Å². The Morgan fingerprint density at radius 3 is 2.96 bits per heavy atom. The summed E-state index contributed by atoms with van der Waals surface area (Å²) in [6, 6.07) is 12.3. The van der Waals surface area contributed by atoms with E-state index in [-0.39, 0.29) is 6.10 Å². The van der Waals surface area contributed by atoms with E-state index in [1.54, 1.807) is 0 Å². The minimum Gasteiger partial charge on any atom is -0.462 e. The van der Waals surface area contributed by atoms with Crippen molar-refractivity contribution in [1.82, 2.24) is 25.5 Å². The fourth-order valence-electron chi connectivity index (χ4n) is 3.34. The Balaban J connectivity index is 1.37. The van der Waals surface area contributed by atoms with Gasteiger partial charge in [0.15, 0.2) is 0 Å². The van der Waals surface area contributed by atoms with Crippen LogP contribution in [-0.2, 0) is 17.8 Å². The zero-order valence-electron chi connectivity index (χ0n) is 14.9. The fraction of sp³-hybridized carbons (Fsp3) is 0.421. The van der Waals surface area contributed by atoms with Gasteiger partial charge in [-0.05, 0) is 55.3 Å². The van der Waals surface area contributed by atoms with Gasteiger partial charge in [-0.2, -0.15) is 5.21 Å². The second kappa shape index (κ2) is 7.80.